The highest BCUT2D eigenvalue weighted by Crippen LogP contribution is 2.35. The Morgan fingerprint density at radius 2 is 2.17 bits per heavy atom. The van der Waals surface area contributed by atoms with E-state index in [2.05, 4.69) is 4.98 Å². The molecule has 0 spiro atoms. The molecule has 2 aromatic heterocycles. The molecule has 24 heavy (non-hydrogen) atoms. The number of hydrogen-bond donors (Lipinski definition) is 1. The van der Waals surface area contributed by atoms with Crippen LogP contribution in [0.25, 0.3) is 0 Å². The molecule has 3 rings (SSSR count). The number of ether oxygens (including phenoxy) is 1. The van der Waals surface area contributed by atoms with Gasteiger partial charge in [-0.3, -0.25) is 9.69 Å². The number of nitro groups is 1. The number of carbonyl (C=O) groups is 2. The van der Waals surface area contributed by atoms with Crippen molar-refractivity contribution in [2.24, 2.45) is 0 Å². The first-order chi connectivity index (χ1) is 11.4. The van der Waals surface area contributed by atoms with E-state index in [-0.39, 0.29) is 29.6 Å². The van der Waals surface area contributed by atoms with Crippen LogP contribution in [0.3, 0.4) is 0 Å². The number of fused-ring (bicyclic) bond motifs is 1. The molecule has 1 amide bonds. The summed E-state index contributed by atoms with van der Waals surface area (Å²) in [4.78, 5) is 38.4. The second kappa shape index (κ2) is 5.65. The Kier molecular flexibility index (Phi) is 3.64. The van der Waals surface area contributed by atoms with E-state index in [0.717, 1.165) is 0 Å². The Labute approximate surface area is 134 Å². The quantitative estimate of drug-likeness (QED) is 0.658. The number of carboxylic acids is 1. The molecule has 2 aromatic rings. The molecule has 0 fully saturated rings. The van der Waals surface area contributed by atoms with Crippen molar-refractivity contribution in [1.29, 1.82) is 0 Å². The molecule has 0 aromatic carbocycles. The van der Waals surface area contributed by atoms with E-state index < -0.39 is 28.7 Å². The number of furan rings is 1. The van der Waals surface area contributed by atoms with Crippen molar-refractivity contribution >= 4 is 23.5 Å². The lowest BCUT2D eigenvalue weighted by Crippen LogP contribution is -2.44. The van der Waals surface area contributed by atoms with Crippen molar-refractivity contribution in [2.75, 3.05) is 4.90 Å². The van der Waals surface area contributed by atoms with Crippen LogP contribution in [0.15, 0.2) is 28.7 Å². The standard InChI is InChI=1S/C14H11N3O7/c1-7-13(18)16(6-8-2-3-10(24-8)14(19)20)12-9(23-7)4-5-11(15-12)17(21)22/h2-5,7H,6H2,1H3,(H,19,20). The number of anilines is 1. The molecule has 124 valence electrons. The number of aromatic carboxylic acids is 1. The number of hydrogen-bond acceptors (Lipinski definition) is 7. The fourth-order valence-electron chi connectivity index (χ4n) is 2.26. The molecule has 0 saturated carbocycles. The van der Waals surface area contributed by atoms with Gasteiger partial charge in [0.2, 0.25) is 5.76 Å². The Hall–Kier alpha value is -3.43. The van der Waals surface area contributed by atoms with E-state index in [0.29, 0.717) is 0 Å². The zero-order chi connectivity index (χ0) is 17.4. The number of amides is 1. The second-order valence-electron chi connectivity index (χ2n) is 5.00. The van der Waals surface area contributed by atoms with Gasteiger partial charge in [-0.05, 0) is 35.0 Å². The van der Waals surface area contributed by atoms with Crippen LogP contribution in [-0.4, -0.2) is 33.0 Å². The summed E-state index contributed by atoms with van der Waals surface area (Å²) < 4.78 is 10.5. The van der Waals surface area contributed by atoms with Gasteiger partial charge in [-0.1, -0.05) is 0 Å². The van der Waals surface area contributed by atoms with Gasteiger partial charge < -0.3 is 24.4 Å². The number of carbonyl (C=O) groups excluding carboxylic acids is 1. The molecule has 1 unspecified atom stereocenters. The zero-order valence-corrected chi connectivity index (χ0v) is 12.3. The number of carboxylic acid groups (broad SMARTS) is 1. The molecule has 3 heterocycles. The third kappa shape index (κ3) is 2.64. The summed E-state index contributed by atoms with van der Waals surface area (Å²) in [6.45, 7) is 1.41. The first-order valence-electron chi connectivity index (χ1n) is 6.82. The van der Waals surface area contributed by atoms with E-state index in [1.807, 2.05) is 0 Å². The SMILES string of the molecule is CC1Oc2ccc([N+](=O)[O-])nc2N(Cc2ccc(C(=O)O)o2)C1=O. The molecule has 1 aliphatic rings. The van der Waals surface area contributed by atoms with Gasteiger partial charge in [-0.15, -0.1) is 0 Å². The number of nitrogens with zero attached hydrogens (tertiary/aromatic N) is 3. The van der Waals surface area contributed by atoms with Gasteiger partial charge in [0, 0.05) is 6.07 Å². The molecule has 1 atom stereocenters. The summed E-state index contributed by atoms with van der Waals surface area (Å²) in [5, 5.41) is 19.8. The largest absolute Gasteiger partial charge is 0.475 e. The average Bonchev–Trinajstić information content (AvgIpc) is 3.00. The lowest BCUT2D eigenvalue weighted by atomic mass is 10.2. The summed E-state index contributed by atoms with van der Waals surface area (Å²) in [6.07, 6.45) is -0.810. The molecule has 1 aliphatic heterocycles. The minimum Gasteiger partial charge on any atom is -0.475 e. The monoisotopic (exact) mass is 333 g/mol. The predicted molar refractivity (Wildman–Crippen MR) is 77.8 cm³/mol. The number of aromatic nitrogens is 1. The van der Waals surface area contributed by atoms with E-state index in [1.54, 1.807) is 0 Å². The summed E-state index contributed by atoms with van der Waals surface area (Å²) in [6, 6.07) is 5.21. The lowest BCUT2D eigenvalue weighted by Gasteiger charge is -2.28. The van der Waals surface area contributed by atoms with Crippen LogP contribution in [0.1, 0.15) is 23.2 Å². The van der Waals surface area contributed by atoms with Gasteiger partial charge >= 0.3 is 11.8 Å². The van der Waals surface area contributed by atoms with Crippen LogP contribution in [0.4, 0.5) is 11.6 Å². The average molecular weight is 333 g/mol. The Bertz CT molecular complexity index is 845. The zero-order valence-electron chi connectivity index (χ0n) is 12.3. The molecule has 1 N–H and O–H groups in total. The first-order valence-corrected chi connectivity index (χ1v) is 6.82. The second-order valence-corrected chi connectivity index (χ2v) is 5.00. The third-order valence-electron chi connectivity index (χ3n) is 3.37. The van der Waals surface area contributed by atoms with Crippen molar-refractivity contribution < 1.29 is 28.8 Å². The maximum absolute atomic E-state index is 12.3. The molecule has 0 saturated heterocycles. The van der Waals surface area contributed by atoms with E-state index >= 15 is 0 Å². The van der Waals surface area contributed by atoms with Crippen LogP contribution in [0, 0.1) is 10.1 Å². The molecule has 10 nitrogen and oxygen atoms in total. The molecule has 10 heteroatoms. The predicted octanol–water partition coefficient (Wildman–Crippen LogP) is 1.60. The minimum absolute atomic E-state index is 0.0134. The fourth-order valence-corrected chi connectivity index (χ4v) is 2.26. The summed E-state index contributed by atoms with van der Waals surface area (Å²) in [5.74, 6) is -2.00. The Morgan fingerprint density at radius 1 is 1.42 bits per heavy atom. The highest BCUT2D eigenvalue weighted by Gasteiger charge is 2.37. The fraction of sp³-hybridized carbons (Fsp3) is 0.214. The molecule has 0 radical (unpaired) electrons. The smallest absolute Gasteiger partial charge is 0.371 e. The Balaban J connectivity index is 1.99. The summed E-state index contributed by atoms with van der Waals surface area (Å²) in [5.41, 5.74) is 0. The highest BCUT2D eigenvalue weighted by molar-refractivity contribution is 5.98. The van der Waals surface area contributed by atoms with Gasteiger partial charge in [-0.25, -0.2) is 4.79 Å². The number of pyridine rings is 1. The van der Waals surface area contributed by atoms with Crippen molar-refractivity contribution in [3.05, 3.63) is 45.9 Å². The van der Waals surface area contributed by atoms with Gasteiger partial charge in [0.15, 0.2) is 11.9 Å². The van der Waals surface area contributed by atoms with Gasteiger partial charge in [0.05, 0.1) is 6.54 Å². The van der Waals surface area contributed by atoms with Crippen molar-refractivity contribution in [3.63, 3.8) is 0 Å². The molecular formula is C14H11N3O7. The van der Waals surface area contributed by atoms with Gasteiger partial charge in [0.1, 0.15) is 5.76 Å². The normalized spacial score (nSPS) is 16.5. The van der Waals surface area contributed by atoms with Crippen molar-refractivity contribution in [2.45, 2.75) is 19.6 Å². The molecular weight excluding hydrogens is 322 g/mol. The lowest BCUT2D eigenvalue weighted by molar-refractivity contribution is -0.389. The molecule has 0 aliphatic carbocycles. The topological polar surface area (TPSA) is 136 Å². The van der Waals surface area contributed by atoms with Gasteiger partial charge in [0.25, 0.3) is 11.7 Å². The summed E-state index contributed by atoms with van der Waals surface area (Å²) >= 11 is 0. The van der Waals surface area contributed by atoms with Crippen LogP contribution in [-0.2, 0) is 11.3 Å². The molecule has 0 bridgehead atoms. The highest BCUT2D eigenvalue weighted by atomic mass is 16.6. The van der Waals surface area contributed by atoms with Crippen LogP contribution < -0.4 is 9.64 Å². The van der Waals surface area contributed by atoms with Crippen molar-refractivity contribution in [1.82, 2.24) is 4.98 Å². The van der Waals surface area contributed by atoms with Gasteiger partial charge in [-0.2, -0.15) is 0 Å². The third-order valence-corrected chi connectivity index (χ3v) is 3.37. The maximum atomic E-state index is 12.3. The van der Waals surface area contributed by atoms with Crippen LogP contribution in [0.2, 0.25) is 0 Å². The maximum Gasteiger partial charge on any atom is 0.371 e. The van der Waals surface area contributed by atoms with E-state index in [9.17, 15) is 19.7 Å². The van der Waals surface area contributed by atoms with E-state index in [4.69, 9.17) is 14.3 Å². The van der Waals surface area contributed by atoms with Crippen LogP contribution >= 0.6 is 0 Å². The van der Waals surface area contributed by atoms with Crippen LogP contribution in [0.5, 0.6) is 5.75 Å². The summed E-state index contributed by atoms with van der Waals surface area (Å²) in [7, 11) is 0. The van der Waals surface area contributed by atoms with Crippen molar-refractivity contribution in [3.8, 4) is 5.75 Å². The number of rotatable bonds is 4. The first kappa shape index (κ1) is 15.5. The minimum atomic E-state index is -1.24. The van der Waals surface area contributed by atoms with E-state index in [1.165, 1.54) is 36.1 Å². The Morgan fingerprint density at radius 3 is 2.79 bits per heavy atom.